The molecule has 1 aromatic heterocycles. The molecule has 0 spiro atoms. The molecule has 0 unspecified atom stereocenters. The smallest absolute Gasteiger partial charge is 0.308 e. The van der Waals surface area contributed by atoms with Gasteiger partial charge in [-0.05, 0) is 50.2 Å². The highest BCUT2D eigenvalue weighted by molar-refractivity contribution is 5.72. The number of nitrogen functional groups attached to an aromatic ring is 1. The monoisotopic (exact) mass is 248 g/mol. The summed E-state index contributed by atoms with van der Waals surface area (Å²) in [5.74, 6) is 1.11. The van der Waals surface area contributed by atoms with Crippen LogP contribution in [-0.4, -0.2) is 17.6 Å². The van der Waals surface area contributed by atoms with E-state index in [-0.39, 0.29) is 11.9 Å². The van der Waals surface area contributed by atoms with Crippen molar-refractivity contribution in [2.75, 3.05) is 12.3 Å². The molecule has 1 aromatic rings. The molecule has 1 heterocycles. The van der Waals surface area contributed by atoms with Crippen LogP contribution >= 0.6 is 0 Å². The lowest BCUT2D eigenvalue weighted by molar-refractivity contribution is -0.149. The second kappa shape index (κ2) is 5.85. The summed E-state index contributed by atoms with van der Waals surface area (Å²) in [5.41, 5.74) is 6.81. The van der Waals surface area contributed by atoms with Gasteiger partial charge in [0.1, 0.15) is 5.82 Å². The fourth-order valence-electron chi connectivity index (χ4n) is 2.58. The summed E-state index contributed by atoms with van der Waals surface area (Å²) < 4.78 is 5.07. The molecule has 4 nitrogen and oxygen atoms in total. The number of nitrogens with two attached hydrogens (primary N) is 1. The highest BCUT2D eigenvalue weighted by Crippen LogP contribution is 2.36. The van der Waals surface area contributed by atoms with Gasteiger partial charge in [-0.15, -0.1) is 0 Å². The number of hydrogen-bond donors (Lipinski definition) is 1. The van der Waals surface area contributed by atoms with Gasteiger partial charge in [0.2, 0.25) is 0 Å². The molecule has 1 aliphatic carbocycles. The minimum absolute atomic E-state index is 0.0358. The Kier molecular flexibility index (Phi) is 4.18. The lowest BCUT2D eigenvalue weighted by Gasteiger charge is -2.27. The van der Waals surface area contributed by atoms with Crippen LogP contribution in [0.2, 0.25) is 0 Å². The third-order valence-corrected chi connectivity index (χ3v) is 3.63. The zero-order chi connectivity index (χ0) is 13.0. The molecule has 18 heavy (non-hydrogen) atoms. The van der Waals surface area contributed by atoms with Crippen molar-refractivity contribution in [2.45, 2.75) is 38.5 Å². The van der Waals surface area contributed by atoms with E-state index in [1.54, 1.807) is 0 Å². The van der Waals surface area contributed by atoms with E-state index in [2.05, 4.69) is 4.98 Å². The Morgan fingerprint density at radius 2 is 2.11 bits per heavy atom. The van der Waals surface area contributed by atoms with E-state index in [0.29, 0.717) is 18.3 Å². The van der Waals surface area contributed by atoms with Crippen LogP contribution < -0.4 is 5.73 Å². The molecular formula is C14H20N2O2. The van der Waals surface area contributed by atoms with Gasteiger partial charge in [0.05, 0.1) is 12.5 Å². The molecule has 0 aromatic carbocycles. The quantitative estimate of drug-likeness (QED) is 0.835. The Hall–Kier alpha value is -1.58. The predicted octanol–water partition coefficient (Wildman–Crippen LogP) is 2.50. The van der Waals surface area contributed by atoms with Crippen LogP contribution in [0.15, 0.2) is 18.3 Å². The van der Waals surface area contributed by atoms with Gasteiger partial charge >= 0.3 is 5.97 Å². The van der Waals surface area contributed by atoms with E-state index >= 15 is 0 Å². The molecule has 0 saturated heterocycles. The normalized spacial score (nSPS) is 23.6. The van der Waals surface area contributed by atoms with Gasteiger partial charge in [0.25, 0.3) is 0 Å². The summed E-state index contributed by atoms with van der Waals surface area (Å²) in [6, 6.07) is 3.88. The number of rotatable bonds is 3. The molecule has 0 radical (unpaired) electrons. The van der Waals surface area contributed by atoms with Crippen LogP contribution in [0.25, 0.3) is 0 Å². The van der Waals surface area contributed by atoms with Crippen LogP contribution in [0.4, 0.5) is 5.82 Å². The van der Waals surface area contributed by atoms with Crippen LogP contribution in [0.5, 0.6) is 0 Å². The van der Waals surface area contributed by atoms with E-state index in [1.165, 1.54) is 5.56 Å². The Morgan fingerprint density at radius 1 is 1.39 bits per heavy atom. The Morgan fingerprint density at radius 3 is 2.67 bits per heavy atom. The fraction of sp³-hybridized carbons (Fsp3) is 0.571. The number of carbonyl (C=O) groups excluding carboxylic acids is 1. The zero-order valence-corrected chi connectivity index (χ0v) is 10.8. The van der Waals surface area contributed by atoms with Gasteiger partial charge in [0, 0.05) is 6.20 Å². The first-order valence-electron chi connectivity index (χ1n) is 6.58. The van der Waals surface area contributed by atoms with E-state index in [4.69, 9.17) is 10.5 Å². The number of esters is 1. The van der Waals surface area contributed by atoms with E-state index in [0.717, 1.165) is 25.7 Å². The number of nitrogens with zero attached hydrogens (tertiary/aromatic N) is 1. The third-order valence-electron chi connectivity index (χ3n) is 3.63. The molecule has 98 valence electrons. The minimum atomic E-state index is -0.0358. The van der Waals surface area contributed by atoms with E-state index in [1.807, 2.05) is 25.3 Å². The van der Waals surface area contributed by atoms with E-state index < -0.39 is 0 Å². The summed E-state index contributed by atoms with van der Waals surface area (Å²) in [7, 11) is 0. The average molecular weight is 248 g/mol. The highest BCUT2D eigenvalue weighted by atomic mass is 16.5. The maximum Gasteiger partial charge on any atom is 0.308 e. The van der Waals surface area contributed by atoms with Gasteiger partial charge in [-0.25, -0.2) is 4.98 Å². The zero-order valence-electron chi connectivity index (χ0n) is 10.8. The van der Waals surface area contributed by atoms with Crippen LogP contribution in [0.1, 0.15) is 44.1 Å². The summed E-state index contributed by atoms with van der Waals surface area (Å²) in [6.45, 7) is 2.32. The maximum absolute atomic E-state index is 11.6. The Bertz CT molecular complexity index is 395. The molecule has 1 aliphatic rings. The Labute approximate surface area is 108 Å². The number of hydrogen-bond acceptors (Lipinski definition) is 4. The van der Waals surface area contributed by atoms with Gasteiger partial charge in [-0.2, -0.15) is 0 Å². The number of anilines is 1. The first-order valence-corrected chi connectivity index (χ1v) is 6.58. The molecule has 4 heteroatoms. The van der Waals surface area contributed by atoms with Crippen molar-refractivity contribution in [2.24, 2.45) is 5.92 Å². The van der Waals surface area contributed by atoms with Crippen molar-refractivity contribution in [3.8, 4) is 0 Å². The first-order chi connectivity index (χ1) is 8.70. The Balaban J connectivity index is 1.90. The first kappa shape index (κ1) is 12.9. The largest absolute Gasteiger partial charge is 0.466 e. The highest BCUT2D eigenvalue weighted by Gasteiger charge is 2.27. The van der Waals surface area contributed by atoms with Crippen molar-refractivity contribution in [1.82, 2.24) is 4.98 Å². The van der Waals surface area contributed by atoms with Crippen LogP contribution in [-0.2, 0) is 9.53 Å². The average Bonchev–Trinajstić information content (AvgIpc) is 2.40. The number of carbonyl (C=O) groups is 1. The van der Waals surface area contributed by atoms with Crippen molar-refractivity contribution >= 4 is 11.8 Å². The number of ether oxygens (including phenoxy) is 1. The lowest BCUT2D eigenvalue weighted by atomic mass is 9.79. The molecule has 0 atom stereocenters. The van der Waals surface area contributed by atoms with Crippen molar-refractivity contribution < 1.29 is 9.53 Å². The molecule has 0 aliphatic heterocycles. The maximum atomic E-state index is 11.6. The van der Waals surface area contributed by atoms with Crippen molar-refractivity contribution in [3.63, 3.8) is 0 Å². The van der Waals surface area contributed by atoms with Gasteiger partial charge in [0.15, 0.2) is 0 Å². The second-order valence-corrected chi connectivity index (χ2v) is 4.82. The minimum Gasteiger partial charge on any atom is -0.466 e. The van der Waals surface area contributed by atoms with Gasteiger partial charge in [-0.3, -0.25) is 4.79 Å². The van der Waals surface area contributed by atoms with Gasteiger partial charge in [-0.1, -0.05) is 6.07 Å². The van der Waals surface area contributed by atoms with Gasteiger partial charge < -0.3 is 10.5 Å². The lowest BCUT2D eigenvalue weighted by Crippen LogP contribution is -2.23. The number of pyridine rings is 1. The summed E-state index contributed by atoms with van der Waals surface area (Å²) in [5, 5.41) is 0. The van der Waals surface area contributed by atoms with Crippen molar-refractivity contribution in [3.05, 3.63) is 23.9 Å². The predicted molar refractivity (Wildman–Crippen MR) is 70.0 cm³/mol. The van der Waals surface area contributed by atoms with Crippen molar-refractivity contribution in [1.29, 1.82) is 0 Å². The SMILES string of the molecule is CCOC(=O)[C@H]1CC[C@@H](c2ccc(N)nc2)CC1. The molecular weight excluding hydrogens is 228 g/mol. The summed E-state index contributed by atoms with van der Waals surface area (Å²) in [4.78, 5) is 15.8. The number of aromatic nitrogens is 1. The third kappa shape index (κ3) is 3.00. The molecule has 1 fully saturated rings. The molecule has 2 N–H and O–H groups in total. The molecule has 0 amide bonds. The van der Waals surface area contributed by atoms with E-state index in [9.17, 15) is 4.79 Å². The fourth-order valence-corrected chi connectivity index (χ4v) is 2.58. The van der Waals surface area contributed by atoms with Crippen LogP contribution in [0, 0.1) is 5.92 Å². The summed E-state index contributed by atoms with van der Waals surface area (Å²) in [6.07, 6.45) is 5.72. The van der Waals surface area contributed by atoms with Crippen LogP contribution in [0.3, 0.4) is 0 Å². The second-order valence-electron chi connectivity index (χ2n) is 4.82. The topological polar surface area (TPSA) is 65.2 Å². The molecule has 0 bridgehead atoms. The molecule has 2 rings (SSSR count). The molecule has 1 saturated carbocycles. The summed E-state index contributed by atoms with van der Waals surface area (Å²) >= 11 is 0. The standard InChI is InChI=1S/C14H20N2O2/c1-2-18-14(17)11-5-3-10(4-6-11)12-7-8-13(15)16-9-12/h7-11H,2-6H2,1H3,(H2,15,16)/t10-,11+.